The number of hydrogen-bond acceptors (Lipinski definition) is 8. The lowest BCUT2D eigenvalue weighted by atomic mass is 10.1. The van der Waals surface area contributed by atoms with E-state index < -0.39 is 5.97 Å². The van der Waals surface area contributed by atoms with E-state index in [1.807, 2.05) is 0 Å². The molecule has 0 aliphatic carbocycles. The molecule has 1 aromatic rings. The van der Waals surface area contributed by atoms with E-state index in [-0.39, 0.29) is 0 Å². The van der Waals surface area contributed by atoms with Gasteiger partial charge in [0.25, 0.3) is 0 Å². The van der Waals surface area contributed by atoms with Crippen LogP contribution in [0.5, 0.6) is 17.2 Å². The number of esters is 1. The van der Waals surface area contributed by atoms with Gasteiger partial charge in [0.2, 0.25) is 5.75 Å². The van der Waals surface area contributed by atoms with Crippen LogP contribution < -0.4 is 14.2 Å². The molecule has 8 heteroatoms. The predicted molar refractivity (Wildman–Crippen MR) is 141 cm³/mol. The molecule has 0 N–H and O–H groups in total. The van der Waals surface area contributed by atoms with E-state index in [4.69, 9.17) is 33.2 Å². The van der Waals surface area contributed by atoms with E-state index in [9.17, 15) is 4.79 Å². The predicted octanol–water partition coefficient (Wildman–Crippen LogP) is 5.84. The SMILES string of the molecule is CCCCCCCCCCCCOC(=O)c1cc(OCCOC)c(OCCOC)c(OCCOC)c1. The molecule has 0 aliphatic heterocycles. The van der Waals surface area contributed by atoms with Gasteiger partial charge in [-0.25, -0.2) is 4.79 Å². The average Bonchev–Trinajstić information content (AvgIpc) is 2.88. The number of benzene rings is 1. The van der Waals surface area contributed by atoms with Gasteiger partial charge in [-0.1, -0.05) is 64.7 Å². The Morgan fingerprint density at radius 2 is 1.03 bits per heavy atom. The van der Waals surface area contributed by atoms with Crippen LogP contribution in [0, 0.1) is 0 Å². The Labute approximate surface area is 217 Å². The number of hydrogen-bond donors (Lipinski definition) is 0. The van der Waals surface area contributed by atoms with Gasteiger partial charge in [-0.3, -0.25) is 0 Å². The fourth-order valence-corrected chi connectivity index (χ4v) is 3.59. The summed E-state index contributed by atoms with van der Waals surface area (Å²) in [6.45, 7) is 4.72. The summed E-state index contributed by atoms with van der Waals surface area (Å²) in [7, 11) is 4.79. The molecule has 1 aromatic carbocycles. The van der Waals surface area contributed by atoms with Gasteiger partial charge in [-0.05, 0) is 18.6 Å². The molecule has 0 bridgehead atoms. The van der Waals surface area contributed by atoms with Crippen LogP contribution in [0.25, 0.3) is 0 Å². The Bertz CT molecular complexity index is 649. The number of carbonyl (C=O) groups is 1. The highest BCUT2D eigenvalue weighted by molar-refractivity contribution is 5.91. The van der Waals surface area contributed by atoms with Gasteiger partial charge < -0.3 is 33.2 Å². The summed E-state index contributed by atoms with van der Waals surface area (Å²) in [5, 5.41) is 0. The molecule has 8 nitrogen and oxygen atoms in total. The molecule has 0 fully saturated rings. The molecule has 1 rings (SSSR count). The molecule has 0 atom stereocenters. The van der Waals surface area contributed by atoms with Gasteiger partial charge in [0.1, 0.15) is 19.8 Å². The summed E-state index contributed by atoms with van der Waals surface area (Å²) < 4.78 is 38.4. The van der Waals surface area contributed by atoms with Crippen molar-refractivity contribution in [2.75, 3.05) is 67.6 Å². The highest BCUT2D eigenvalue weighted by atomic mass is 16.6. The number of unbranched alkanes of at least 4 members (excludes halogenated alkanes) is 9. The first-order valence-electron chi connectivity index (χ1n) is 13.4. The maximum absolute atomic E-state index is 12.8. The van der Waals surface area contributed by atoms with Crippen molar-refractivity contribution >= 4 is 5.97 Å². The van der Waals surface area contributed by atoms with E-state index in [2.05, 4.69) is 6.92 Å². The molecule has 0 saturated carbocycles. The lowest BCUT2D eigenvalue weighted by Crippen LogP contribution is -2.13. The third-order valence-corrected chi connectivity index (χ3v) is 5.61. The van der Waals surface area contributed by atoms with Crippen molar-refractivity contribution in [1.82, 2.24) is 0 Å². The van der Waals surface area contributed by atoms with Crippen molar-refractivity contribution in [3.8, 4) is 17.2 Å². The molecule has 36 heavy (non-hydrogen) atoms. The maximum atomic E-state index is 12.8. The second kappa shape index (κ2) is 22.2. The van der Waals surface area contributed by atoms with Crippen LogP contribution in [0.4, 0.5) is 0 Å². The van der Waals surface area contributed by atoms with Crippen molar-refractivity contribution in [3.63, 3.8) is 0 Å². The smallest absolute Gasteiger partial charge is 0.338 e. The molecule has 0 unspecified atom stereocenters. The minimum atomic E-state index is -0.414. The Morgan fingerprint density at radius 1 is 0.583 bits per heavy atom. The van der Waals surface area contributed by atoms with Gasteiger partial charge in [0.05, 0.1) is 32.0 Å². The molecule has 0 spiro atoms. The van der Waals surface area contributed by atoms with Crippen LogP contribution in [-0.4, -0.2) is 73.5 Å². The fourth-order valence-electron chi connectivity index (χ4n) is 3.59. The van der Waals surface area contributed by atoms with E-state index in [1.165, 1.54) is 51.4 Å². The van der Waals surface area contributed by atoms with Gasteiger partial charge >= 0.3 is 5.97 Å². The van der Waals surface area contributed by atoms with E-state index in [0.717, 1.165) is 12.8 Å². The highest BCUT2D eigenvalue weighted by Crippen LogP contribution is 2.39. The minimum Gasteiger partial charge on any atom is -0.487 e. The second-order valence-corrected chi connectivity index (χ2v) is 8.64. The quantitative estimate of drug-likeness (QED) is 0.126. The number of ether oxygens (including phenoxy) is 7. The lowest BCUT2D eigenvalue weighted by Gasteiger charge is -2.18. The number of rotatable bonds is 24. The number of methoxy groups -OCH3 is 3. The molecular formula is C28H48O8. The van der Waals surface area contributed by atoms with Crippen LogP contribution >= 0.6 is 0 Å². The zero-order chi connectivity index (χ0) is 26.3. The van der Waals surface area contributed by atoms with Crippen molar-refractivity contribution in [3.05, 3.63) is 17.7 Å². The van der Waals surface area contributed by atoms with E-state index in [0.29, 0.717) is 69.1 Å². The van der Waals surface area contributed by atoms with Crippen LogP contribution in [0.1, 0.15) is 81.5 Å². The van der Waals surface area contributed by atoms with Crippen LogP contribution in [-0.2, 0) is 18.9 Å². The van der Waals surface area contributed by atoms with Gasteiger partial charge in [0.15, 0.2) is 11.5 Å². The summed E-state index contributed by atoms with van der Waals surface area (Å²) in [6, 6.07) is 3.25. The Hall–Kier alpha value is -2.03. The zero-order valence-corrected chi connectivity index (χ0v) is 22.9. The zero-order valence-electron chi connectivity index (χ0n) is 22.9. The van der Waals surface area contributed by atoms with Crippen LogP contribution in [0.15, 0.2) is 12.1 Å². The van der Waals surface area contributed by atoms with Gasteiger partial charge in [0, 0.05) is 21.3 Å². The normalized spacial score (nSPS) is 10.9. The maximum Gasteiger partial charge on any atom is 0.338 e. The summed E-state index contributed by atoms with van der Waals surface area (Å²) in [5.74, 6) is 0.779. The topological polar surface area (TPSA) is 81.7 Å². The monoisotopic (exact) mass is 512 g/mol. The summed E-state index contributed by atoms with van der Waals surface area (Å²) in [4.78, 5) is 12.8. The average molecular weight is 513 g/mol. The van der Waals surface area contributed by atoms with Crippen molar-refractivity contribution < 1.29 is 38.0 Å². The van der Waals surface area contributed by atoms with Crippen molar-refractivity contribution in [2.24, 2.45) is 0 Å². The summed E-state index contributed by atoms with van der Waals surface area (Å²) in [5.41, 5.74) is 0.348. The fraction of sp³-hybridized carbons (Fsp3) is 0.750. The Balaban J connectivity index is 2.67. The molecule has 208 valence electrons. The Morgan fingerprint density at radius 3 is 1.50 bits per heavy atom. The highest BCUT2D eigenvalue weighted by Gasteiger charge is 2.20. The largest absolute Gasteiger partial charge is 0.487 e. The second-order valence-electron chi connectivity index (χ2n) is 8.64. The van der Waals surface area contributed by atoms with Gasteiger partial charge in [-0.15, -0.1) is 0 Å². The molecule has 0 aromatic heterocycles. The summed E-state index contributed by atoms with van der Waals surface area (Å²) >= 11 is 0. The first-order chi connectivity index (χ1) is 17.7. The minimum absolute atomic E-state index is 0.297. The molecule has 0 aliphatic rings. The summed E-state index contributed by atoms with van der Waals surface area (Å²) in [6.07, 6.45) is 12.3. The molecule has 0 radical (unpaired) electrons. The van der Waals surface area contributed by atoms with Crippen LogP contribution in [0.3, 0.4) is 0 Å². The lowest BCUT2D eigenvalue weighted by molar-refractivity contribution is 0.0496. The van der Waals surface area contributed by atoms with Gasteiger partial charge in [-0.2, -0.15) is 0 Å². The standard InChI is InChI=1S/C28H48O8/c1-5-6-7-8-9-10-11-12-13-14-15-36-28(29)24-22-25(33-19-16-30-2)27(35-21-18-32-4)26(23-24)34-20-17-31-3/h22-23H,5-21H2,1-4H3. The third kappa shape index (κ3) is 14.5. The molecule has 0 saturated heterocycles. The van der Waals surface area contributed by atoms with E-state index in [1.54, 1.807) is 33.5 Å². The third-order valence-electron chi connectivity index (χ3n) is 5.61. The molecule has 0 heterocycles. The van der Waals surface area contributed by atoms with Crippen LogP contribution in [0.2, 0.25) is 0 Å². The first-order valence-corrected chi connectivity index (χ1v) is 13.4. The van der Waals surface area contributed by atoms with E-state index >= 15 is 0 Å². The van der Waals surface area contributed by atoms with Crippen molar-refractivity contribution in [1.29, 1.82) is 0 Å². The molecular weight excluding hydrogens is 464 g/mol. The van der Waals surface area contributed by atoms with Crippen molar-refractivity contribution in [2.45, 2.75) is 71.1 Å². The molecule has 0 amide bonds. The number of carbonyl (C=O) groups excluding carboxylic acids is 1. The Kier molecular flexibility index (Phi) is 19.7. The first kappa shape index (κ1) is 32.0.